The van der Waals surface area contributed by atoms with Crippen molar-refractivity contribution in [3.05, 3.63) is 89.3 Å². The highest BCUT2D eigenvalue weighted by molar-refractivity contribution is 7.92. The maximum absolute atomic E-state index is 13.4. The molecule has 0 saturated carbocycles. The minimum Gasteiger partial charge on any atom is -0.440 e. The lowest BCUT2D eigenvalue weighted by molar-refractivity contribution is 0.0705. The number of piperidine rings is 1. The number of nitrogens with zero attached hydrogens (tertiary/aromatic N) is 2. The summed E-state index contributed by atoms with van der Waals surface area (Å²) in [5.74, 6) is 0.702. The van der Waals surface area contributed by atoms with E-state index in [4.69, 9.17) is 4.42 Å². The molecule has 1 amide bonds. The number of aryl methyl sites for hydroxylation is 2. The number of hydrogen-bond donors (Lipinski definition) is 1. The lowest BCUT2D eigenvalue weighted by Crippen LogP contribution is -2.38. The van der Waals surface area contributed by atoms with E-state index in [1.807, 2.05) is 50.2 Å². The third-order valence-electron chi connectivity index (χ3n) is 6.50. The summed E-state index contributed by atoms with van der Waals surface area (Å²) >= 11 is 0. The second-order valence-electron chi connectivity index (χ2n) is 9.03. The Bertz CT molecular complexity index is 1450. The Morgan fingerprint density at radius 1 is 1.00 bits per heavy atom. The van der Waals surface area contributed by atoms with Crippen LogP contribution in [0.3, 0.4) is 0 Å². The monoisotopic (exact) mass is 489 g/mol. The number of carbonyl (C=O) groups excluding carboxylic acids is 1. The van der Waals surface area contributed by atoms with Gasteiger partial charge in [-0.15, -0.1) is 0 Å². The van der Waals surface area contributed by atoms with Crippen LogP contribution in [0.5, 0.6) is 0 Å². The van der Waals surface area contributed by atoms with Crippen molar-refractivity contribution in [1.29, 1.82) is 0 Å². The summed E-state index contributed by atoms with van der Waals surface area (Å²) in [5.41, 5.74) is 4.27. The van der Waals surface area contributed by atoms with Crippen LogP contribution in [0.2, 0.25) is 0 Å². The molecule has 2 heterocycles. The van der Waals surface area contributed by atoms with Gasteiger partial charge in [-0.2, -0.15) is 0 Å². The van der Waals surface area contributed by atoms with E-state index in [2.05, 4.69) is 9.71 Å². The highest BCUT2D eigenvalue weighted by atomic mass is 32.2. The normalized spacial score (nSPS) is 14.9. The number of para-hydroxylation sites is 2. The maximum Gasteiger partial charge on any atom is 0.261 e. The Morgan fingerprint density at radius 3 is 2.43 bits per heavy atom. The molecule has 1 N–H and O–H groups in total. The average Bonchev–Trinajstić information content (AvgIpc) is 3.30. The molecular weight excluding hydrogens is 462 g/mol. The van der Waals surface area contributed by atoms with Gasteiger partial charge >= 0.3 is 0 Å². The number of nitrogens with one attached hydrogen (secondary N) is 1. The molecule has 1 aliphatic rings. The molecule has 1 aromatic heterocycles. The summed E-state index contributed by atoms with van der Waals surface area (Å²) in [4.78, 5) is 19.8. The van der Waals surface area contributed by atoms with Crippen molar-refractivity contribution in [2.45, 2.75) is 37.5 Å². The van der Waals surface area contributed by atoms with Crippen LogP contribution in [0.1, 0.15) is 46.1 Å². The summed E-state index contributed by atoms with van der Waals surface area (Å²) in [6.45, 7) is 4.87. The molecule has 0 bridgehead atoms. The zero-order valence-electron chi connectivity index (χ0n) is 19.7. The smallest absolute Gasteiger partial charge is 0.261 e. The first-order chi connectivity index (χ1) is 16.8. The van der Waals surface area contributed by atoms with E-state index in [9.17, 15) is 13.2 Å². The van der Waals surface area contributed by atoms with Crippen LogP contribution in [0.15, 0.2) is 76.0 Å². The quantitative estimate of drug-likeness (QED) is 0.413. The Hall–Kier alpha value is -3.65. The topological polar surface area (TPSA) is 92.5 Å². The molecule has 1 saturated heterocycles. The van der Waals surface area contributed by atoms with Gasteiger partial charge in [0, 0.05) is 30.3 Å². The first-order valence-electron chi connectivity index (χ1n) is 11.6. The fourth-order valence-corrected chi connectivity index (χ4v) is 5.48. The van der Waals surface area contributed by atoms with E-state index in [1.54, 1.807) is 23.1 Å². The Labute approximate surface area is 204 Å². The van der Waals surface area contributed by atoms with Crippen LogP contribution in [0.4, 0.5) is 5.69 Å². The van der Waals surface area contributed by atoms with Crippen molar-refractivity contribution < 1.29 is 17.6 Å². The van der Waals surface area contributed by atoms with E-state index in [-0.39, 0.29) is 16.7 Å². The molecule has 180 valence electrons. The number of oxazole rings is 1. The molecule has 0 unspecified atom stereocenters. The molecule has 0 radical (unpaired) electrons. The number of benzene rings is 3. The predicted molar refractivity (Wildman–Crippen MR) is 135 cm³/mol. The zero-order valence-corrected chi connectivity index (χ0v) is 20.5. The van der Waals surface area contributed by atoms with Gasteiger partial charge < -0.3 is 9.32 Å². The molecular formula is C27H27N3O4S. The van der Waals surface area contributed by atoms with E-state index in [0.717, 1.165) is 35.1 Å². The third kappa shape index (κ3) is 4.79. The van der Waals surface area contributed by atoms with Gasteiger partial charge in [0.05, 0.1) is 4.90 Å². The molecule has 1 fully saturated rings. The van der Waals surface area contributed by atoms with Crippen LogP contribution in [-0.4, -0.2) is 37.3 Å². The molecule has 7 nitrogen and oxygen atoms in total. The molecule has 8 heteroatoms. The first-order valence-corrected chi connectivity index (χ1v) is 13.1. The summed E-state index contributed by atoms with van der Waals surface area (Å²) in [7, 11) is -3.83. The number of sulfonamides is 1. The summed E-state index contributed by atoms with van der Waals surface area (Å²) in [6, 6.07) is 19.5. The summed E-state index contributed by atoms with van der Waals surface area (Å²) < 4.78 is 34.5. The second-order valence-corrected chi connectivity index (χ2v) is 10.7. The Balaban J connectivity index is 1.30. The van der Waals surface area contributed by atoms with Crippen LogP contribution >= 0.6 is 0 Å². The third-order valence-corrected chi connectivity index (χ3v) is 7.87. The van der Waals surface area contributed by atoms with Crippen molar-refractivity contribution >= 4 is 32.7 Å². The van der Waals surface area contributed by atoms with Gasteiger partial charge in [-0.05, 0) is 68.7 Å². The van der Waals surface area contributed by atoms with E-state index < -0.39 is 10.0 Å². The van der Waals surface area contributed by atoms with Gasteiger partial charge in [0.15, 0.2) is 11.5 Å². The molecule has 4 aromatic rings. The van der Waals surface area contributed by atoms with Crippen LogP contribution in [-0.2, 0) is 10.0 Å². The number of anilines is 1. The Kier molecular flexibility index (Phi) is 6.06. The van der Waals surface area contributed by atoms with Crippen molar-refractivity contribution in [3.8, 4) is 0 Å². The van der Waals surface area contributed by atoms with Gasteiger partial charge in [0.1, 0.15) is 5.52 Å². The fraction of sp³-hybridized carbons (Fsp3) is 0.259. The van der Waals surface area contributed by atoms with Gasteiger partial charge in [-0.25, -0.2) is 13.4 Å². The minimum absolute atomic E-state index is 0.0633. The largest absolute Gasteiger partial charge is 0.440 e. The summed E-state index contributed by atoms with van der Waals surface area (Å²) in [5, 5.41) is 0. The minimum atomic E-state index is -3.83. The average molecular weight is 490 g/mol. The number of carbonyl (C=O) groups is 1. The van der Waals surface area contributed by atoms with Crippen molar-refractivity contribution in [3.63, 3.8) is 0 Å². The van der Waals surface area contributed by atoms with E-state index >= 15 is 0 Å². The molecule has 0 spiro atoms. The number of hydrogen-bond acceptors (Lipinski definition) is 5. The van der Waals surface area contributed by atoms with Crippen LogP contribution in [0.25, 0.3) is 11.1 Å². The summed E-state index contributed by atoms with van der Waals surface area (Å²) in [6.07, 6.45) is 1.48. The molecule has 3 aromatic carbocycles. The number of rotatable bonds is 5. The lowest BCUT2D eigenvalue weighted by atomic mass is 9.96. The van der Waals surface area contributed by atoms with Gasteiger partial charge in [0.2, 0.25) is 0 Å². The molecule has 0 atom stereocenters. The Morgan fingerprint density at radius 2 is 1.71 bits per heavy atom. The van der Waals surface area contributed by atoms with E-state index in [0.29, 0.717) is 30.2 Å². The number of fused-ring (bicyclic) bond motifs is 1. The predicted octanol–water partition coefficient (Wildman–Crippen LogP) is 5.27. The number of likely N-dealkylation sites (tertiary alicyclic amines) is 1. The number of aromatic nitrogens is 1. The van der Waals surface area contributed by atoms with Crippen molar-refractivity contribution in [1.82, 2.24) is 9.88 Å². The molecule has 1 aliphatic heterocycles. The standard InChI is InChI=1S/C27H27N3O4S/c1-18-7-10-21(11-8-18)29-35(32,33)22-12-9-19(2)23(17-22)27(31)30-15-13-20(14-16-30)26-28-24-5-3-4-6-25(24)34-26/h3-12,17,20,29H,13-16H2,1-2H3. The maximum atomic E-state index is 13.4. The SMILES string of the molecule is Cc1ccc(NS(=O)(=O)c2ccc(C)c(C(=O)N3CCC(c4nc5ccccc5o4)CC3)c2)cc1. The van der Waals surface area contributed by atoms with E-state index in [1.165, 1.54) is 12.1 Å². The number of amides is 1. The highest BCUT2D eigenvalue weighted by Crippen LogP contribution is 2.31. The van der Waals surface area contributed by atoms with Gasteiger partial charge in [0.25, 0.3) is 15.9 Å². The second kappa shape index (κ2) is 9.19. The van der Waals surface area contributed by atoms with Crippen molar-refractivity contribution in [2.24, 2.45) is 0 Å². The molecule has 35 heavy (non-hydrogen) atoms. The van der Waals surface area contributed by atoms with Gasteiger partial charge in [-0.1, -0.05) is 35.9 Å². The van der Waals surface area contributed by atoms with Gasteiger partial charge in [-0.3, -0.25) is 9.52 Å². The zero-order chi connectivity index (χ0) is 24.6. The molecule has 0 aliphatic carbocycles. The van der Waals surface area contributed by atoms with Crippen LogP contribution < -0.4 is 4.72 Å². The van der Waals surface area contributed by atoms with Crippen molar-refractivity contribution in [2.75, 3.05) is 17.8 Å². The van der Waals surface area contributed by atoms with Crippen LogP contribution in [0, 0.1) is 13.8 Å². The highest BCUT2D eigenvalue weighted by Gasteiger charge is 2.29. The lowest BCUT2D eigenvalue weighted by Gasteiger charge is -2.31. The molecule has 5 rings (SSSR count). The first kappa shape index (κ1) is 23.1. The fourth-order valence-electron chi connectivity index (χ4n) is 4.40.